The average Bonchev–Trinajstić information content (AvgIpc) is 2.72. The Labute approximate surface area is 188 Å². The van der Waals surface area contributed by atoms with Crippen LogP contribution in [0.15, 0.2) is 29.2 Å². The van der Waals surface area contributed by atoms with Crippen molar-refractivity contribution in [2.45, 2.75) is 45.3 Å². The number of hydrogen-bond donors (Lipinski definition) is 3. The highest BCUT2D eigenvalue weighted by molar-refractivity contribution is 7.99. The van der Waals surface area contributed by atoms with Crippen LogP contribution in [0.3, 0.4) is 0 Å². The zero-order chi connectivity index (χ0) is 21.6. The molecule has 0 bridgehead atoms. The highest BCUT2D eigenvalue weighted by Gasteiger charge is 2.13. The van der Waals surface area contributed by atoms with Crippen molar-refractivity contribution in [2.75, 3.05) is 17.3 Å². The molecule has 0 aliphatic carbocycles. The van der Waals surface area contributed by atoms with E-state index in [0.29, 0.717) is 10.9 Å². The van der Waals surface area contributed by atoms with Crippen molar-refractivity contribution >= 4 is 52.4 Å². The molecule has 7 heteroatoms. The number of benzene rings is 2. The minimum atomic E-state index is -0.104. The number of nitrogens with one attached hydrogen (secondary N) is 3. The second-order valence-corrected chi connectivity index (χ2v) is 9.23. The van der Waals surface area contributed by atoms with Gasteiger partial charge in [0, 0.05) is 16.3 Å². The summed E-state index contributed by atoms with van der Waals surface area (Å²) in [6.45, 7) is 10.9. The third-order valence-corrected chi connectivity index (χ3v) is 7.17. The molecule has 4 nitrogen and oxygen atoms in total. The molecule has 0 aromatic heterocycles. The molecule has 0 aliphatic heterocycles. The minimum Gasteiger partial charge on any atom is -0.331 e. The predicted octanol–water partition coefficient (Wildman–Crippen LogP) is 5.20. The summed E-state index contributed by atoms with van der Waals surface area (Å²) in [5.74, 6) is 1.08. The van der Waals surface area contributed by atoms with Gasteiger partial charge in [0.2, 0.25) is 5.91 Å². The molecular weight excluding hydrogens is 418 g/mol. The molecule has 0 spiro atoms. The van der Waals surface area contributed by atoms with Crippen LogP contribution in [0.25, 0.3) is 0 Å². The number of thioether (sulfide) groups is 2. The van der Waals surface area contributed by atoms with Gasteiger partial charge in [-0.05, 0) is 105 Å². The lowest BCUT2D eigenvalue weighted by Crippen LogP contribution is -2.44. The van der Waals surface area contributed by atoms with E-state index < -0.39 is 0 Å². The highest BCUT2D eigenvalue weighted by atomic mass is 32.2. The second-order valence-electron chi connectivity index (χ2n) is 6.96. The van der Waals surface area contributed by atoms with Crippen LogP contribution in [0.2, 0.25) is 0 Å². The van der Waals surface area contributed by atoms with Gasteiger partial charge >= 0.3 is 0 Å². The van der Waals surface area contributed by atoms with Gasteiger partial charge in [0.05, 0.1) is 5.75 Å². The molecular formula is C22H29N3OS3. The van der Waals surface area contributed by atoms with E-state index in [2.05, 4.69) is 50.8 Å². The van der Waals surface area contributed by atoms with Crippen molar-refractivity contribution < 1.29 is 4.79 Å². The zero-order valence-corrected chi connectivity index (χ0v) is 20.3. The fourth-order valence-electron chi connectivity index (χ4n) is 3.07. The van der Waals surface area contributed by atoms with Crippen molar-refractivity contribution in [3.05, 3.63) is 57.6 Å². The van der Waals surface area contributed by atoms with Gasteiger partial charge in [-0.1, -0.05) is 6.07 Å². The highest BCUT2D eigenvalue weighted by Crippen LogP contribution is 2.28. The van der Waals surface area contributed by atoms with Gasteiger partial charge < -0.3 is 5.32 Å². The van der Waals surface area contributed by atoms with E-state index >= 15 is 0 Å². The molecule has 2 rings (SSSR count). The number of amides is 1. The summed E-state index contributed by atoms with van der Waals surface area (Å²) in [5.41, 5.74) is 14.4. The van der Waals surface area contributed by atoms with Crippen LogP contribution < -0.4 is 16.2 Å². The molecule has 0 saturated carbocycles. The largest absolute Gasteiger partial charge is 0.331 e. The van der Waals surface area contributed by atoms with Gasteiger partial charge in [0.1, 0.15) is 0 Å². The Balaban J connectivity index is 1.81. The van der Waals surface area contributed by atoms with Crippen LogP contribution in [-0.4, -0.2) is 23.0 Å². The lowest BCUT2D eigenvalue weighted by molar-refractivity contribution is -0.119. The van der Waals surface area contributed by atoms with Crippen LogP contribution >= 0.6 is 35.7 Å². The van der Waals surface area contributed by atoms with Gasteiger partial charge in [0.15, 0.2) is 5.11 Å². The molecule has 0 aliphatic rings. The van der Waals surface area contributed by atoms with Crippen molar-refractivity contribution in [3.63, 3.8) is 0 Å². The van der Waals surface area contributed by atoms with Gasteiger partial charge in [-0.25, -0.2) is 0 Å². The first-order valence-corrected chi connectivity index (χ1v) is 12.2. The average molecular weight is 448 g/mol. The third-order valence-electron chi connectivity index (χ3n) is 5.28. The Hall–Kier alpha value is -1.70. The summed E-state index contributed by atoms with van der Waals surface area (Å²) >= 11 is 8.52. The van der Waals surface area contributed by atoms with E-state index in [0.717, 1.165) is 16.3 Å². The number of hydrogen-bond acceptors (Lipinski definition) is 4. The lowest BCUT2D eigenvalue weighted by atomic mass is 9.90. The standard InChI is InChI=1S/C22H29N3OS3/c1-13-14(2)16(4)20(17(5)15(13)3)11-29-12-21(26)24-25-22(27)23-18-8-7-9-19(10-18)28-6/h7-10H,11-12H2,1-6H3,(H,24,26)(H2,23,25,27). The van der Waals surface area contributed by atoms with Crippen LogP contribution in [0, 0.1) is 34.6 Å². The molecule has 1 amide bonds. The Morgan fingerprint density at radius 3 is 2.21 bits per heavy atom. The molecule has 2 aromatic rings. The van der Waals surface area contributed by atoms with Crippen LogP contribution in [-0.2, 0) is 10.5 Å². The minimum absolute atomic E-state index is 0.104. The van der Waals surface area contributed by atoms with Gasteiger partial charge in [0.25, 0.3) is 0 Å². The number of rotatable bonds is 6. The maximum Gasteiger partial charge on any atom is 0.248 e. The van der Waals surface area contributed by atoms with Crippen LogP contribution in [0.4, 0.5) is 5.69 Å². The van der Waals surface area contributed by atoms with Crippen LogP contribution in [0.1, 0.15) is 33.4 Å². The number of hydrazine groups is 1. The Morgan fingerprint density at radius 2 is 1.59 bits per heavy atom. The normalized spacial score (nSPS) is 10.6. The molecule has 0 unspecified atom stereocenters. The quantitative estimate of drug-likeness (QED) is 0.321. The maximum absolute atomic E-state index is 12.2. The molecule has 156 valence electrons. The molecule has 0 heterocycles. The summed E-state index contributed by atoms with van der Waals surface area (Å²) in [6, 6.07) is 7.93. The number of anilines is 1. The molecule has 2 aromatic carbocycles. The topological polar surface area (TPSA) is 53.2 Å². The van der Waals surface area contributed by atoms with E-state index in [4.69, 9.17) is 12.2 Å². The first kappa shape index (κ1) is 23.6. The lowest BCUT2D eigenvalue weighted by Gasteiger charge is -2.18. The van der Waals surface area contributed by atoms with E-state index in [1.807, 2.05) is 30.5 Å². The summed E-state index contributed by atoms with van der Waals surface area (Å²) < 4.78 is 0. The smallest absolute Gasteiger partial charge is 0.248 e. The van der Waals surface area contributed by atoms with E-state index in [1.54, 1.807) is 23.5 Å². The Morgan fingerprint density at radius 1 is 0.966 bits per heavy atom. The summed E-state index contributed by atoms with van der Waals surface area (Å²) in [5, 5.41) is 3.43. The number of thiocarbonyl (C=S) groups is 1. The van der Waals surface area contributed by atoms with Gasteiger partial charge in [-0.3, -0.25) is 15.6 Å². The van der Waals surface area contributed by atoms with Crippen LogP contribution in [0.5, 0.6) is 0 Å². The molecule has 0 radical (unpaired) electrons. The van der Waals surface area contributed by atoms with E-state index in [1.165, 1.54) is 33.4 Å². The molecule has 3 N–H and O–H groups in total. The van der Waals surface area contributed by atoms with Crippen molar-refractivity contribution in [1.82, 2.24) is 10.9 Å². The Bertz CT molecular complexity index is 883. The fourth-order valence-corrected chi connectivity index (χ4v) is 4.69. The fraction of sp³-hybridized carbons (Fsp3) is 0.364. The molecule has 0 atom stereocenters. The van der Waals surface area contributed by atoms with E-state index in [-0.39, 0.29) is 5.91 Å². The number of carbonyl (C=O) groups excluding carboxylic acids is 1. The Kier molecular flexibility index (Phi) is 8.86. The van der Waals surface area contributed by atoms with Crippen molar-refractivity contribution in [1.29, 1.82) is 0 Å². The monoisotopic (exact) mass is 447 g/mol. The SMILES string of the molecule is CSc1cccc(NC(=S)NNC(=O)CSCc2c(C)c(C)c(C)c(C)c2C)c1. The van der Waals surface area contributed by atoms with Gasteiger partial charge in [-0.2, -0.15) is 0 Å². The van der Waals surface area contributed by atoms with Crippen molar-refractivity contribution in [3.8, 4) is 0 Å². The summed E-state index contributed by atoms with van der Waals surface area (Å²) in [4.78, 5) is 13.3. The zero-order valence-electron chi connectivity index (χ0n) is 17.9. The molecule has 0 fully saturated rings. The molecule has 0 saturated heterocycles. The third kappa shape index (κ3) is 6.39. The summed E-state index contributed by atoms with van der Waals surface area (Å²) in [6.07, 6.45) is 2.02. The first-order valence-electron chi connectivity index (χ1n) is 9.38. The van der Waals surface area contributed by atoms with Gasteiger partial charge in [-0.15, -0.1) is 23.5 Å². The molecule has 29 heavy (non-hydrogen) atoms. The maximum atomic E-state index is 12.2. The first-order chi connectivity index (χ1) is 13.7. The summed E-state index contributed by atoms with van der Waals surface area (Å²) in [7, 11) is 0. The van der Waals surface area contributed by atoms with Crippen molar-refractivity contribution in [2.24, 2.45) is 0 Å². The predicted molar refractivity (Wildman–Crippen MR) is 132 cm³/mol. The second kappa shape index (κ2) is 10.9. The number of carbonyl (C=O) groups is 1. The van der Waals surface area contributed by atoms with E-state index in [9.17, 15) is 4.79 Å².